The van der Waals surface area contributed by atoms with Crippen molar-refractivity contribution in [3.05, 3.63) is 144 Å². The van der Waals surface area contributed by atoms with Crippen LogP contribution in [-0.2, 0) is 35.0 Å². The van der Waals surface area contributed by atoms with E-state index < -0.39 is 23.0 Å². The number of aromatic amines is 1. The Morgan fingerprint density at radius 2 is 1.69 bits per heavy atom. The monoisotopic (exact) mass is 924 g/mol. The van der Waals surface area contributed by atoms with E-state index in [0.717, 1.165) is 23.7 Å². The third kappa shape index (κ3) is 6.77. The fourth-order valence-corrected chi connectivity index (χ4v) is 11.0. The molecule has 2 atom stereocenters. The number of benzene rings is 3. The van der Waals surface area contributed by atoms with Crippen LogP contribution >= 0.6 is 0 Å². The van der Waals surface area contributed by atoms with Gasteiger partial charge in [0, 0.05) is 62.6 Å². The van der Waals surface area contributed by atoms with E-state index in [0.29, 0.717) is 108 Å². The minimum atomic E-state index is -0.808. The Morgan fingerprint density at radius 1 is 0.941 bits per heavy atom. The maximum atomic E-state index is 15.5. The fraction of sp³-hybridized carbons (Fsp3) is 0.400. The molecule has 0 unspecified atom stereocenters. The van der Waals surface area contributed by atoms with Crippen LogP contribution < -0.4 is 17.1 Å². The summed E-state index contributed by atoms with van der Waals surface area (Å²) in [6.07, 6.45) is 6.72. The highest BCUT2D eigenvalue weighted by Gasteiger charge is 2.52. The lowest BCUT2D eigenvalue weighted by atomic mass is 9.83. The van der Waals surface area contributed by atoms with Gasteiger partial charge >= 0.3 is 17.1 Å². The maximum Gasteiger partial charge on any atom is 0.438 e. The van der Waals surface area contributed by atoms with Crippen LogP contribution in [0.2, 0.25) is 0 Å². The molecule has 5 aromatic heterocycles. The number of carbonyl (C=O) groups excluding carboxylic acids is 1. The van der Waals surface area contributed by atoms with Crippen LogP contribution in [0.1, 0.15) is 103 Å². The van der Waals surface area contributed by atoms with Crippen molar-refractivity contribution >= 4 is 27.8 Å². The Bertz CT molecular complexity index is 3510. The summed E-state index contributed by atoms with van der Waals surface area (Å²) in [5, 5.41) is 10.2. The number of nitrogens with zero attached hydrogens (tertiary/aromatic N) is 9. The zero-order valence-electron chi connectivity index (χ0n) is 39.1. The molecule has 7 heterocycles. The molecule has 1 amide bonds. The van der Waals surface area contributed by atoms with Gasteiger partial charge in [-0.1, -0.05) is 11.2 Å². The van der Waals surface area contributed by atoms with Crippen molar-refractivity contribution in [3.63, 3.8) is 0 Å². The third-order valence-electron chi connectivity index (χ3n) is 14.6. The number of hydrogen-bond donors (Lipinski definition) is 1. The van der Waals surface area contributed by atoms with Crippen molar-refractivity contribution in [1.82, 2.24) is 47.7 Å². The number of nitrogens with one attached hydrogen (secondary N) is 1. The summed E-state index contributed by atoms with van der Waals surface area (Å²) < 4.78 is 41.4. The zero-order valence-corrected chi connectivity index (χ0v) is 39.1. The number of aromatic nitrogens is 9. The quantitative estimate of drug-likeness (QED) is 0.161. The van der Waals surface area contributed by atoms with E-state index in [9.17, 15) is 14.4 Å². The number of imidazole rings is 2. The van der Waals surface area contributed by atoms with Crippen LogP contribution in [0.25, 0.3) is 39.1 Å². The number of fused-ring (bicyclic) bond motifs is 3. The van der Waals surface area contributed by atoms with E-state index in [1.807, 2.05) is 34.6 Å². The molecule has 352 valence electrons. The second-order valence-electron chi connectivity index (χ2n) is 19.3. The zero-order chi connectivity index (χ0) is 47.6. The van der Waals surface area contributed by atoms with Crippen LogP contribution in [0.3, 0.4) is 0 Å². The summed E-state index contributed by atoms with van der Waals surface area (Å²) in [6.45, 7) is 11.3. The lowest BCUT2D eigenvalue weighted by Gasteiger charge is -2.35. The number of hydrogen-bond acceptors (Lipinski definition) is 9. The van der Waals surface area contributed by atoms with E-state index in [1.54, 1.807) is 72.4 Å². The van der Waals surface area contributed by atoms with Crippen molar-refractivity contribution in [1.29, 1.82) is 0 Å². The van der Waals surface area contributed by atoms with E-state index >= 15 is 9.18 Å². The normalized spacial score (nSPS) is 18.7. The van der Waals surface area contributed by atoms with Gasteiger partial charge in [-0.2, -0.15) is 5.10 Å². The first-order valence-corrected chi connectivity index (χ1v) is 23.1. The van der Waals surface area contributed by atoms with Gasteiger partial charge in [-0.05, 0) is 131 Å². The molecule has 1 aliphatic carbocycles. The molecule has 1 saturated carbocycles. The van der Waals surface area contributed by atoms with Gasteiger partial charge in [0.1, 0.15) is 22.9 Å². The maximum absolute atomic E-state index is 15.5. The highest BCUT2D eigenvalue weighted by atomic mass is 19.1. The van der Waals surface area contributed by atoms with Crippen LogP contribution in [0, 0.1) is 19.7 Å². The minimum absolute atomic E-state index is 0.197. The number of halogens is 1. The molecule has 18 heteroatoms. The van der Waals surface area contributed by atoms with Gasteiger partial charge in [0.2, 0.25) is 0 Å². The van der Waals surface area contributed by atoms with Gasteiger partial charge in [0.15, 0.2) is 5.82 Å². The molecule has 2 aliphatic heterocycles. The smallest absolute Gasteiger partial charge is 0.383 e. The van der Waals surface area contributed by atoms with Crippen LogP contribution in [-0.4, -0.2) is 86.0 Å². The summed E-state index contributed by atoms with van der Waals surface area (Å²) >= 11 is 0. The second-order valence-corrected chi connectivity index (χ2v) is 19.3. The van der Waals surface area contributed by atoms with Crippen molar-refractivity contribution < 1.29 is 23.2 Å². The van der Waals surface area contributed by atoms with Gasteiger partial charge in [0.25, 0.3) is 5.91 Å². The lowest BCUT2D eigenvalue weighted by molar-refractivity contribution is -0.0592. The predicted molar refractivity (Wildman–Crippen MR) is 251 cm³/mol. The molecule has 3 aliphatic rings. The fourth-order valence-electron chi connectivity index (χ4n) is 11.0. The average molecular weight is 925 g/mol. The highest BCUT2D eigenvalue weighted by molar-refractivity contribution is 6.00. The minimum Gasteiger partial charge on any atom is -0.383 e. The summed E-state index contributed by atoms with van der Waals surface area (Å²) in [5.41, 5.74) is 5.44. The average Bonchev–Trinajstić information content (AvgIpc) is 3.68. The molecule has 17 nitrogen and oxygen atoms in total. The topological polar surface area (TPSA) is 174 Å². The summed E-state index contributed by atoms with van der Waals surface area (Å²) in [4.78, 5) is 60.6. The van der Waals surface area contributed by atoms with E-state index in [2.05, 4.69) is 42.2 Å². The first-order chi connectivity index (χ1) is 32.6. The largest absolute Gasteiger partial charge is 0.438 e. The Kier molecular flexibility index (Phi) is 10.1. The van der Waals surface area contributed by atoms with E-state index in [4.69, 9.17) is 19.1 Å². The van der Waals surface area contributed by atoms with Crippen LogP contribution in [0.15, 0.2) is 85.9 Å². The number of methoxy groups -OCH3 is 1. The summed E-state index contributed by atoms with van der Waals surface area (Å²) in [7, 11) is 3.28. The third-order valence-corrected chi connectivity index (χ3v) is 14.6. The van der Waals surface area contributed by atoms with Crippen LogP contribution in [0.4, 0.5) is 4.39 Å². The van der Waals surface area contributed by atoms with Crippen molar-refractivity contribution in [3.8, 4) is 17.2 Å². The Morgan fingerprint density at radius 3 is 2.40 bits per heavy atom. The summed E-state index contributed by atoms with van der Waals surface area (Å²) in [6, 6.07) is 16.6. The first kappa shape index (κ1) is 43.5. The Balaban J connectivity index is 1.04. The number of ether oxygens (including phenoxy) is 2. The molecule has 11 rings (SSSR count). The molecule has 2 fully saturated rings. The van der Waals surface area contributed by atoms with Crippen molar-refractivity contribution in [2.45, 2.75) is 96.4 Å². The molecule has 1 saturated heterocycles. The first-order valence-electron chi connectivity index (χ1n) is 23.1. The highest BCUT2D eigenvalue weighted by Crippen LogP contribution is 2.51. The predicted octanol–water partition coefficient (Wildman–Crippen LogP) is 6.47. The second kappa shape index (κ2) is 15.8. The number of carbonyl (C=O) groups is 1. The Hall–Kier alpha value is -7.05. The van der Waals surface area contributed by atoms with Gasteiger partial charge in [-0.3, -0.25) is 32.6 Å². The molecule has 0 bridgehead atoms. The molecule has 0 radical (unpaired) electrons. The standard InChI is InChI=1S/C50H53FN10O7/c1-28-22-35(23-29(2)42(28)51)61-43(59-18-17-57(48(59)65)34-9-11-38-39(26-34)55(6)47(64)58(38)19-21-66-7)41-30(3)56(16-12-36(41)53-61)44(62)40-25-33-24-31(32-13-20-67-49(4,5)27-32)8-10-37(33)60(40)50(14-15-50)45-52-46(63)68-54-45/h8-11,17-18,22-26,30,32H,12-16,19-21,27H2,1-7H3,(H,52,54,63)/t30-,32-/m0/s1. The molecule has 3 aromatic carbocycles. The van der Waals surface area contributed by atoms with Crippen LogP contribution in [0.5, 0.6) is 0 Å². The SMILES string of the molecule is COCCn1c(=O)n(C)c2cc(-n3ccn(-c4c5c(nn4-c4cc(C)c(F)c(C)c4)CCN(C(=O)c4cc6cc([C@H]7CCOC(C)(C)C7)ccc6n4C4(c6noc(=O)[nH]6)CC4)[C@H]5C)c3=O)ccc21. The molecular weight excluding hydrogens is 872 g/mol. The van der Waals surface area contributed by atoms with Gasteiger partial charge in [-0.15, -0.1) is 0 Å². The van der Waals surface area contributed by atoms with Gasteiger partial charge < -0.3 is 18.9 Å². The molecule has 0 spiro atoms. The van der Waals surface area contributed by atoms with Crippen molar-refractivity contribution in [2.75, 3.05) is 26.9 Å². The number of amides is 1. The van der Waals surface area contributed by atoms with E-state index in [-0.39, 0.29) is 28.9 Å². The molecule has 1 N–H and O–H groups in total. The molecular formula is C50H53FN10O7. The van der Waals surface area contributed by atoms with Gasteiger partial charge in [0.05, 0.1) is 52.9 Å². The lowest BCUT2D eigenvalue weighted by Crippen LogP contribution is -2.41. The van der Waals surface area contributed by atoms with Gasteiger partial charge in [-0.25, -0.2) is 23.5 Å². The number of rotatable bonds is 10. The van der Waals surface area contributed by atoms with Crippen molar-refractivity contribution in [2.24, 2.45) is 7.05 Å². The number of aryl methyl sites for hydroxylation is 3. The molecule has 8 aromatic rings. The van der Waals surface area contributed by atoms with E-state index in [1.165, 1.54) is 14.7 Å². The Labute approximate surface area is 388 Å². The summed E-state index contributed by atoms with van der Waals surface area (Å²) in [5.74, 6) is -0.176. The molecule has 68 heavy (non-hydrogen) atoms. The number of H-pyrrole nitrogens is 1.